The zero-order valence-corrected chi connectivity index (χ0v) is 16.0. The maximum absolute atomic E-state index is 13.4. The predicted molar refractivity (Wildman–Crippen MR) is 95.1 cm³/mol. The van der Waals surface area contributed by atoms with E-state index in [1.807, 2.05) is 5.38 Å². The van der Waals surface area contributed by atoms with Crippen molar-refractivity contribution in [1.82, 2.24) is 24.5 Å². The second-order valence-corrected chi connectivity index (χ2v) is 8.25. The van der Waals surface area contributed by atoms with E-state index in [4.69, 9.17) is 0 Å². The van der Waals surface area contributed by atoms with E-state index in [1.165, 1.54) is 4.88 Å². The summed E-state index contributed by atoms with van der Waals surface area (Å²) in [5.74, 6) is -0.0518. The Bertz CT molecular complexity index is 922. The molecule has 1 unspecified atom stereocenters. The van der Waals surface area contributed by atoms with Gasteiger partial charge in [0.2, 0.25) is 0 Å². The molecule has 1 fully saturated rings. The number of aromatic nitrogens is 4. The SMILES string of the molecule is FC(F)(F)c1cc(C2CCCN(Cc3cc(Br)cs3)C2)nc2ncnn12. The van der Waals surface area contributed by atoms with Gasteiger partial charge in [-0.25, -0.2) is 4.98 Å². The van der Waals surface area contributed by atoms with Gasteiger partial charge in [0.1, 0.15) is 6.33 Å². The van der Waals surface area contributed by atoms with Crippen molar-refractivity contribution >= 4 is 33.0 Å². The zero-order valence-electron chi connectivity index (χ0n) is 13.6. The Morgan fingerprint density at radius 1 is 1.31 bits per heavy atom. The Kier molecular flexibility index (Phi) is 4.74. The summed E-state index contributed by atoms with van der Waals surface area (Å²) in [4.78, 5) is 11.7. The fourth-order valence-electron chi connectivity index (χ4n) is 3.34. The summed E-state index contributed by atoms with van der Waals surface area (Å²) >= 11 is 5.13. The van der Waals surface area contributed by atoms with Crippen LogP contribution in [-0.2, 0) is 12.7 Å². The van der Waals surface area contributed by atoms with Gasteiger partial charge in [-0.05, 0) is 47.4 Å². The van der Waals surface area contributed by atoms with Gasteiger partial charge < -0.3 is 0 Å². The van der Waals surface area contributed by atoms with Crippen molar-refractivity contribution in [3.05, 3.63) is 44.6 Å². The van der Waals surface area contributed by atoms with Gasteiger partial charge in [-0.2, -0.15) is 27.8 Å². The van der Waals surface area contributed by atoms with Crippen LogP contribution < -0.4 is 0 Å². The summed E-state index contributed by atoms with van der Waals surface area (Å²) in [6.45, 7) is 2.42. The minimum atomic E-state index is -4.50. The van der Waals surface area contributed by atoms with Gasteiger partial charge in [-0.3, -0.25) is 4.90 Å². The fraction of sp³-hybridized carbons (Fsp3) is 0.438. The standard InChI is InChI=1S/C16H15BrF3N5S/c17-11-4-12(26-8-11)7-24-3-1-2-10(6-24)13-5-14(16(18,19)20)25-15(23-13)21-9-22-25/h4-5,8-10H,1-3,6-7H2. The second-order valence-electron chi connectivity index (χ2n) is 6.34. The average molecular weight is 446 g/mol. The van der Waals surface area contributed by atoms with Crippen LogP contribution in [0.2, 0.25) is 0 Å². The van der Waals surface area contributed by atoms with Crippen LogP contribution in [0.4, 0.5) is 13.2 Å². The molecule has 0 aliphatic carbocycles. The molecule has 10 heteroatoms. The van der Waals surface area contributed by atoms with Crippen LogP contribution in [0.25, 0.3) is 5.78 Å². The number of piperidine rings is 1. The van der Waals surface area contributed by atoms with Crippen LogP contribution in [0.5, 0.6) is 0 Å². The molecule has 1 saturated heterocycles. The van der Waals surface area contributed by atoms with E-state index in [-0.39, 0.29) is 11.7 Å². The fourth-order valence-corrected chi connectivity index (χ4v) is 4.83. The molecule has 138 valence electrons. The van der Waals surface area contributed by atoms with Gasteiger partial charge in [-0.15, -0.1) is 11.3 Å². The number of likely N-dealkylation sites (tertiary alicyclic amines) is 1. The Morgan fingerprint density at radius 2 is 2.15 bits per heavy atom. The zero-order chi connectivity index (χ0) is 18.3. The number of fused-ring (bicyclic) bond motifs is 1. The maximum atomic E-state index is 13.4. The van der Waals surface area contributed by atoms with E-state index >= 15 is 0 Å². The summed E-state index contributed by atoms with van der Waals surface area (Å²) in [6.07, 6.45) is -1.65. The van der Waals surface area contributed by atoms with Gasteiger partial charge in [0.25, 0.3) is 5.78 Å². The molecule has 0 aromatic carbocycles. The molecule has 0 N–H and O–H groups in total. The molecule has 0 amide bonds. The molecule has 0 bridgehead atoms. The molecule has 5 nitrogen and oxygen atoms in total. The van der Waals surface area contributed by atoms with Crippen molar-refractivity contribution in [1.29, 1.82) is 0 Å². The third kappa shape index (κ3) is 3.63. The molecule has 3 aromatic rings. The monoisotopic (exact) mass is 445 g/mol. The van der Waals surface area contributed by atoms with Gasteiger partial charge in [0, 0.05) is 33.7 Å². The van der Waals surface area contributed by atoms with Gasteiger partial charge in [0.15, 0.2) is 5.69 Å². The summed E-state index contributed by atoms with van der Waals surface area (Å²) in [5.41, 5.74) is -0.385. The van der Waals surface area contributed by atoms with E-state index in [0.717, 1.165) is 47.3 Å². The van der Waals surface area contributed by atoms with Crippen molar-refractivity contribution in [3.8, 4) is 0 Å². The number of rotatable bonds is 3. The summed E-state index contributed by atoms with van der Waals surface area (Å²) in [7, 11) is 0. The Hall–Kier alpha value is -1.52. The van der Waals surface area contributed by atoms with Crippen LogP contribution in [0.15, 0.2) is 28.3 Å². The quantitative estimate of drug-likeness (QED) is 0.601. The van der Waals surface area contributed by atoms with Crippen LogP contribution in [0.1, 0.15) is 35.0 Å². The first kappa shape index (κ1) is 17.9. The van der Waals surface area contributed by atoms with Crippen molar-refractivity contribution < 1.29 is 13.2 Å². The highest BCUT2D eigenvalue weighted by atomic mass is 79.9. The number of hydrogen-bond donors (Lipinski definition) is 0. The maximum Gasteiger partial charge on any atom is 0.433 e. The molecule has 1 atom stereocenters. The van der Waals surface area contributed by atoms with Crippen molar-refractivity contribution in [2.45, 2.75) is 31.5 Å². The van der Waals surface area contributed by atoms with Crippen molar-refractivity contribution in [2.24, 2.45) is 0 Å². The van der Waals surface area contributed by atoms with E-state index in [2.05, 4.69) is 42.0 Å². The van der Waals surface area contributed by atoms with Gasteiger partial charge >= 0.3 is 6.18 Å². The molecule has 0 spiro atoms. The third-order valence-electron chi connectivity index (χ3n) is 4.49. The first-order chi connectivity index (χ1) is 12.4. The lowest BCUT2D eigenvalue weighted by atomic mass is 9.94. The normalized spacial score (nSPS) is 19.3. The molecule has 1 aliphatic rings. The van der Waals surface area contributed by atoms with E-state index in [9.17, 15) is 13.2 Å². The third-order valence-corrected chi connectivity index (χ3v) is 6.17. The minimum absolute atomic E-state index is 0.00543. The van der Waals surface area contributed by atoms with Gasteiger partial charge in [0.05, 0.1) is 5.69 Å². The predicted octanol–water partition coefficient (Wildman–Crippen LogP) is 4.35. The summed E-state index contributed by atoms with van der Waals surface area (Å²) in [6, 6.07) is 3.20. The lowest BCUT2D eigenvalue weighted by Gasteiger charge is -2.32. The molecular formula is C16H15BrF3N5S. The largest absolute Gasteiger partial charge is 0.433 e. The Balaban J connectivity index is 1.60. The van der Waals surface area contributed by atoms with E-state index < -0.39 is 11.9 Å². The lowest BCUT2D eigenvalue weighted by molar-refractivity contribution is -0.142. The summed E-state index contributed by atoms with van der Waals surface area (Å²) < 4.78 is 42.0. The number of nitrogens with zero attached hydrogens (tertiary/aromatic N) is 5. The highest BCUT2D eigenvalue weighted by Crippen LogP contribution is 2.33. The topological polar surface area (TPSA) is 46.3 Å². The van der Waals surface area contributed by atoms with Crippen LogP contribution in [0.3, 0.4) is 0 Å². The molecule has 4 heterocycles. The smallest absolute Gasteiger partial charge is 0.298 e. The first-order valence-electron chi connectivity index (χ1n) is 8.13. The average Bonchev–Trinajstić information content (AvgIpc) is 3.22. The Morgan fingerprint density at radius 3 is 2.88 bits per heavy atom. The molecular weight excluding hydrogens is 431 g/mol. The molecule has 0 radical (unpaired) electrons. The highest BCUT2D eigenvalue weighted by molar-refractivity contribution is 9.10. The van der Waals surface area contributed by atoms with Crippen molar-refractivity contribution in [2.75, 3.05) is 13.1 Å². The van der Waals surface area contributed by atoms with Crippen LogP contribution >= 0.6 is 27.3 Å². The Labute approximate surface area is 160 Å². The lowest BCUT2D eigenvalue weighted by Crippen LogP contribution is -2.34. The molecule has 4 rings (SSSR count). The van der Waals surface area contributed by atoms with E-state index in [1.54, 1.807) is 11.3 Å². The summed E-state index contributed by atoms with van der Waals surface area (Å²) in [5, 5.41) is 5.69. The molecule has 0 saturated carbocycles. The van der Waals surface area contributed by atoms with Crippen LogP contribution in [-0.4, -0.2) is 37.6 Å². The number of alkyl halides is 3. The first-order valence-corrected chi connectivity index (χ1v) is 9.80. The van der Waals surface area contributed by atoms with Crippen LogP contribution in [0, 0.1) is 0 Å². The van der Waals surface area contributed by atoms with Gasteiger partial charge in [-0.1, -0.05) is 0 Å². The molecule has 3 aromatic heterocycles. The highest BCUT2D eigenvalue weighted by Gasteiger charge is 2.36. The number of halogens is 4. The van der Waals surface area contributed by atoms with Crippen molar-refractivity contribution in [3.63, 3.8) is 0 Å². The number of thiophene rings is 1. The van der Waals surface area contributed by atoms with E-state index in [0.29, 0.717) is 12.2 Å². The molecule has 26 heavy (non-hydrogen) atoms. The minimum Gasteiger partial charge on any atom is -0.298 e. The second kappa shape index (κ2) is 6.90. The number of hydrogen-bond acceptors (Lipinski definition) is 5. The molecule has 1 aliphatic heterocycles.